The second-order valence-corrected chi connectivity index (χ2v) is 8.21. The molecule has 1 fully saturated rings. The third-order valence-corrected chi connectivity index (χ3v) is 5.20. The standard InChI is InChI=1S/C20H32N2O3.C2HF3O2/c1-20(21,15-23)19(24)22-17-10-12-18(13-11-17)25-14-6-5-9-16-7-3-2-4-8-16;3-2(4,5)1(6)7/h10-13,16,23H,2-9,14-15,21H2,1H3,(H,22,24);(H,6,7)/t20-;/m0./s1. The third kappa shape index (κ3) is 10.8. The highest BCUT2D eigenvalue weighted by Crippen LogP contribution is 2.27. The zero-order valence-electron chi connectivity index (χ0n) is 18.3. The minimum absolute atomic E-state index is 0.402. The molecule has 1 amide bonds. The fourth-order valence-corrected chi connectivity index (χ4v) is 3.18. The van der Waals surface area contributed by atoms with Gasteiger partial charge in [0.05, 0.1) is 13.2 Å². The molecule has 32 heavy (non-hydrogen) atoms. The van der Waals surface area contributed by atoms with Gasteiger partial charge < -0.3 is 26.0 Å². The number of anilines is 1. The second kappa shape index (κ2) is 13.3. The van der Waals surface area contributed by atoms with E-state index >= 15 is 0 Å². The van der Waals surface area contributed by atoms with Gasteiger partial charge in [0.1, 0.15) is 11.3 Å². The van der Waals surface area contributed by atoms with Crippen molar-refractivity contribution in [3.8, 4) is 5.75 Å². The van der Waals surface area contributed by atoms with E-state index in [9.17, 15) is 18.0 Å². The molecule has 1 saturated carbocycles. The van der Waals surface area contributed by atoms with Crippen LogP contribution in [0.4, 0.5) is 18.9 Å². The number of carbonyl (C=O) groups is 2. The van der Waals surface area contributed by atoms with Crippen LogP contribution in [0, 0.1) is 5.92 Å². The lowest BCUT2D eigenvalue weighted by Gasteiger charge is -2.21. The van der Waals surface area contributed by atoms with E-state index in [-0.39, 0.29) is 0 Å². The number of aliphatic carboxylic acids is 1. The van der Waals surface area contributed by atoms with E-state index in [1.165, 1.54) is 51.9 Å². The predicted molar refractivity (Wildman–Crippen MR) is 114 cm³/mol. The summed E-state index contributed by atoms with van der Waals surface area (Å²) in [6.45, 7) is 1.82. The summed E-state index contributed by atoms with van der Waals surface area (Å²) < 4.78 is 37.5. The van der Waals surface area contributed by atoms with Crippen LogP contribution in [0.2, 0.25) is 0 Å². The lowest BCUT2D eigenvalue weighted by atomic mass is 9.86. The van der Waals surface area contributed by atoms with Crippen molar-refractivity contribution in [2.75, 3.05) is 18.5 Å². The van der Waals surface area contributed by atoms with E-state index in [1.54, 1.807) is 12.1 Å². The average Bonchev–Trinajstić information content (AvgIpc) is 2.75. The Morgan fingerprint density at radius 1 is 1.12 bits per heavy atom. The molecule has 1 aromatic rings. The molecule has 10 heteroatoms. The molecule has 0 saturated heterocycles. The number of aliphatic hydroxyl groups is 1. The Labute approximate surface area is 186 Å². The van der Waals surface area contributed by atoms with E-state index in [0.29, 0.717) is 5.69 Å². The average molecular weight is 463 g/mol. The van der Waals surface area contributed by atoms with Crippen molar-refractivity contribution in [3.63, 3.8) is 0 Å². The number of nitrogens with one attached hydrogen (secondary N) is 1. The highest BCUT2D eigenvalue weighted by molar-refractivity contribution is 5.97. The number of rotatable bonds is 9. The number of halogens is 3. The van der Waals surface area contributed by atoms with Gasteiger partial charge in [0, 0.05) is 5.69 Å². The Morgan fingerprint density at radius 2 is 1.69 bits per heavy atom. The summed E-state index contributed by atoms with van der Waals surface area (Å²) in [5.41, 5.74) is 5.05. The summed E-state index contributed by atoms with van der Waals surface area (Å²) in [5, 5.41) is 18.9. The van der Waals surface area contributed by atoms with Gasteiger partial charge in [-0.15, -0.1) is 0 Å². The monoisotopic (exact) mass is 462 g/mol. The van der Waals surface area contributed by atoms with Crippen LogP contribution in [-0.4, -0.2) is 47.0 Å². The van der Waals surface area contributed by atoms with Crippen LogP contribution in [0.3, 0.4) is 0 Å². The number of amides is 1. The first-order valence-corrected chi connectivity index (χ1v) is 10.7. The van der Waals surface area contributed by atoms with Gasteiger partial charge >= 0.3 is 12.1 Å². The van der Waals surface area contributed by atoms with E-state index in [0.717, 1.165) is 24.7 Å². The first-order chi connectivity index (χ1) is 15.0. The number of carboxylic acids is 1. The summed E-state index contributed by atoms with van der Waals surface area (Å²) in [7, 11) is 0. The van der Waals surface area contributed by atoms with Crippen molar-refractivity contribution in [3.05, 3.63) is 24.3 Å². The highest BCUT2D eigenvalue weighted by atomic mass is 19.4. The quantitative estimate of drug-likeness (QED) is 0.410. The number of carboxylic acid groups (broad SMARTS) is 1. The predicted octanol–water partition coefficient (Wildman–Crippen LogP) is 4.10. The van der Waals surface area contributed by atoms with Crippen LogP contribution in [0.25, 0.3) is 0 Å². The zero-order valence-corrected chi connectivity index (χ0v) is 18.3. The minimum Gasteiger partial charge on any atom is -0.494 e. The summed E-state index contributed by atoms with van der Waals surface area (Å²) in [6, 6.07) is 7.23. The molecule has 0 radical (unpaired) electrons. The van der Waals surface area contributed by atoms with Crippen LogP contribution < -0.4 is 15.8 Å². The summed E-state index contributed by atoms with van der Waals surface area (Å²) in [5.74, 6) is -1.43. The van der Waals surface area contributed by atoms with Crippen molar-refractivity contribution in [2.24, 2.45) is 11.7 Å². The number of carbonyl (C=O) groups excluding carboxylic acids is 1. The summed E-state index contributed by atoms with van der Waals surface area (Å²) >= 11 is 0. The van der Waals surface area contributed by atoms with Crippen molar-refractivity contribution in [2.45, 2.75) is 70.0 Å². The van der Waals surface area contributed by atoms with E-state index in [1.807, 2.05) is 12.1 Å². The van der Waals surface area contributed by atoms with Gasteiger partial charge in [-0.1, -0.05) is 38.5 Å². The first kappa shape index (κ1) is 27.7. The Kier molecular flexibility index (Phi) is 11.5. The molecule has 0 aromatic heterocycles. The topological polar surface area (TPSA) is 122 Å². The molecule has 1 aromatic carbocycles. The number of alkyl halides is 3. The maximum absolute atomic E-state index is 11.9. The lowest BCUT2D eigenvalue weighted by molar-refractivity contribution is -0.192. The van der Waals surface area contributed by atoms with Gasteiger partial charge in [0.15, 0.2) is 0 Å². The number of hydrogen-bond acceptors (Lipinski definition) is 5. The highest BCUT2D eigenvalue weighted by Gasteiger charge is 2.38. The number of aliphatic hydroxyl groups excluding tert-OH is 1. The van der Waals surface area contributed by atoms with Crippen LogP contribution in [0.1, 0.15) is 58.3 Å². The Hall–Kier alpha value is -2.33. The van der Waals surface area contributed by atoms with Crippen LogP contribution in [-0.2, 0) is 9.59 Å². The fraction of sp³-hybridized carbons (Fsp3) is 0.636. The molecule has 0 heterocycles. The molecule has 7 nitrogen and oxygen atoms in total. The van der Waals surface area contributed by atoms with Crippen molar-refractivity contribution >= 4 is 17.6 Å². The molecule has 1 aliphatic rings. The fourth-order valence-electron chi connectivity index (χ4n) is 3.18. The number of ether oxygens (including phenoxy) is 1. The van der Waals surface area contributed by atoms with E-state index in [4.69, 9.17) is 25.5 Å². The Morgan fingerprint density at radius 3 is 2.19 bits per heavy atom. The van der Waals surface area contributed by atoms with Gasteiger partial charge in [-0.2, -0.15) is 13.2 Å². The van der Waals surface area contributed by atoms with Gasteiger partial charge in [-0.3, -0.25) is 4.79 Å². The summed E-state index contributed by atoms with van der Waals surface area (Å²) in [4.78, 5) is 20.8. The molecule has 1 atom stereocenters. The second-order valence-electron chi connectivity index (χ2n) is 8.21. The van der Waals surface area contributed by atoms with Crippen LogP contribution in [0.15, 0.2) is 24.3 Å². The third-order valence-electron chi connectivity index (χ3n) is 5.20. The van der Waals surface area contributed by atoms with Gasteiger partial charge in [-0.25, -0.2) is 4.79 Å². The first-order valence-electron chi connectivity index (χ1n) is 10.7. The largest absolute Gasteiger partial charge is 0.494 e. The van der Waals surface area contributed by atoms with Crippen molar-refractivity contribution in [1.82, 2.24) is 0 Å². The van der Waals surface area contributed by atoms with Gasteiger partial charge in [-0.05, 0) is 49.9 Å². The lowest BCUT2D eigenvalue weighted by Crippen LogP contribution is -2.51. The van der Waals surface area contributed by atoms with Gasteiger partial charge in [0.25, 0.3) is 0 Å². The molecule has 2 rings (SSSR count). The molecule has 0 unspecified atom stereocenters. The van der Waals surface area contributed by atoms with E-state index < -0.39 is 30.2 Å². The minimum atomic E-state index is -5.08. The summed E-state index contributed by atoms with van der Waals surface area (Å²) in [6.07, 6.45) is 5.61. The smallest absolute Gasteiger partial charge is 0.490 e. The van der Waals surface area contributed by atoms with E-state index in [2.05, 4.69) is 5.32 Å². The number of nitrogens with two attached hydrogens (primary N) is 1. The maximum atomic E-state index is 11.9. The van der Waals surface area contributed by atoms with Crippen molar-refractivity contribution in [1.29, 1.82) is 0 Å². The van der Waals surface area contributed by atoms with Crippen molar-refractivity contribution < 1.29 is 37.7 Å². The van der Waals surface area contributed by atoms with Crippen LogP contribution >= 0.6 is 0 Å². The Bertz CT molecular complexity index is 703. The molecule has 0 aliphatic heterocycles. The number of benzene rings is 1. The normalized spacial score (nSPS) is 16.3. The molecule has 0 bridgehead atoms. The molecular weight excluding hydrogens is 429 g/mol. The zero-order chi connectivity index (χ0) is 24.2. The van der Waals surface area contributed by atoms with Gasteiger partial charge in [0.2, 0.25) is 5.91 Å². The van der Waals surface area contributed by atoms with Crippen LogP contribution in [0.5, 0.6) is 5.75 Å². The molecule has 182 valence electrons. The molecular formula is C22H33F3N2O5. The molecule has 1 aliphatic carbocycles. The number of hydrogen-bond donors (Lipinski definition) is 4. The molecule has 5 N–H and O–H groups in total. The Balaban J connectivity index is 0.000000633. The molecule has 0 spiro atoms. The number of unbranched alkanes of at least 4 members (excludes halogenated alkanes) is 1. The SMILES string of the molecule is C[C@](N)(CO)C(=O)Nc1ccc(OCCCCC2CCCCC2)cc1.O=C(O)C(F)(F)F. The maximum Gasteiger partial charge on any atom is 0.490 e.